The standard InChI is InChI=1S/C9H8N2O5/c12-6-2-1-3-10-7(6)11-4-5(8(13)14)9(15)16/h1-4,12H,(H,10,11)(H,13,14)(H,15,16). The summed E-state index contributed by atoms with van der Waals surface area (Å²) in [6.45, 7) is 0. The zero-order valence-corrected chi connectivity index (χ0v) is 7.91. The molecule has 7 heteroatoms. The Balaban J connectivity index is 2.90. The van der Waals surface area contributed by atoms with Crippen LogP contribution in [0, 0.1) is 0 Å². The molecule has 0 aliphatic carbocycles. The fraction of sp³-hybridized carbons (Fsp3) is 0. The molecule has 1 heterocycles. The molecular formula is C9H8N2O5. The van der Waals surface area contributed by atoms with Gasteiger partial charge in [0, 0.05) is 12.4 Å². The van der Waals surface area contributed by atoms with Crippen molar-refractivity contribution in [2.75, 3.05) is 5.32 Å². The van der Waals surface area contributed by atoms with E-state index in [4.69, 9.17) is 10.2 Å². The van der Waals surface area contributed by atoms with E-state index in [2.05, 4.69) is 10.3 Å². The Morgan fingerprint density at radius 1 is 1.31 bits per heavy atom. The molecule has 0 radical (unpaired) electrons. The third-order valence-electron chi connectivity index (χ3n) is 1.60. The van der Waals surface area contributed by atoms with Crippen molar-refractivity contribution in [1.82, 2.24) is 4.98 Å². The maximum Gasteiger partial charge on any atom is 0.344 e. The SMILES string of the molecule is O=C(O)C(=CNc1ncccc1O)C(=O)O. The third kappa shape index (κ3) is 2.71. The van der Waals surface area contributed by atoms with Crippen LogP contribution in [0.4, 0.5) is 5.82 Å². The smallest absolute Gasteiger partial charge is 0.344 e. The van der Waals surface area contributed by atoms with Crippen LogP contribution >= 0.6 is 0 Å². The zero-order chi connectivity index (χ0) is 12.1. The maximum absolute atomic E-state index is 10.5. The lowest BCUT2D eigenvalue weighted by molar-refractivity contribution is -0.140. The molecule has 0 amide bonds. The van der Waals surface area contributed by atoms with Gasteiger partial charge in [-0.2, -0.15) is 0 Å². The molecule has 0 unspecified atom stereocenters. The molecule has 0 aromatic carbocycles. The summed E-state index contributed by atoms with van der Waals surface area (Å²) in [5, 5.41) is 28.6. The molecule has 16 heavy (non-hydrogen) atoms. The molecule has 0 saturated carbocycles. The summed E-state index contributed by atoms with van der Waals surface area (Å²) in [6.07, 6.45) is 2.10. The van der Waals surface area contributed by atoms with Crippen molar-refractivity contribution in [3.05, 3.63) is 30.1 Å². The molecule has 0 bridgehead atoms. The average Bonchev–Trinajstić information content (AvgIpc) is 2.20. The number of hydrogen-bond donors (Lipinski definition) is 4. The van der Waals surface area contributed by atoms with Crippen LogP contribution in [0.5, 0.6) is 5.75 Å². The number of nitrogens with one attached hydrogen (secondary N) is 1. The fourth-order valence-corrected chi connectivity index (χ4v) is 0.864. The number of aliphatic carboxylic acids is 2. The predicted molar refractivity (Wildman–Crippen MR) is 52.9 cm³/mol. The molecule has 0 atom stereocenters. The Morgan fingerprint density at radius 2 is 1.94 bits per heavy atom. The van der Waals surface area contributed by atoms with Crippen molar-refractivity contribution in [2.45, 2.75) is 0 Å². The van der Waals surface area contributed by atoms with Crippen LogP contribution in [0.3, 0.4) is 0 Å². The Bertz CT molecular complexity index is 439. The highest BCUT2D eigenvalue weighted by atomic mass is 16.4. The van der Waals surface area contributed by atoms with Crippen molar-refractivity contribution < 1.29 is 24.9 Å². The summed E-state index contributed by atoms with van der Waals surface area (Å²) in [6, 6.07) is 2.80. The fourth-order valence-electron chi connectivity index (χ4n) is 0.864. The minimum Gasteiger partial charge on any atom is -0.504 e. The largest absolute Gasteiger partial charge is 0.504 e. The van der Waals surface area contributed by atoms with E-state index in [1.807, 2.05) is 0 Å². The summed E-state index contributed by atoms with van der Waals surface area (Å²) in [4.78, 5) is 24.6. The number of carboxylic acid groups (broad SMARTS) is 2. The molecule has 0 fully saturated rings. The van der Waals surface area contributed by atoms with Gasteiger partial charge in [0.1, 0.15) is 0 Å². The van der Waals surface area contributed by atoms with Gasteiger partial charge in [-0.15, -0.1) is 0 Å². The molecule has 0 saturated heterocycles. The Hall–Kier alpha value is -2.57. The number of anilines is 1. The maximum atomic E-state index is 10.5. The number of aromatic nitrogens is 1. The van der Waals surface area contributed by atoms with E-state index in [1.54, 1.807) is 0 Å². The van der Waals surface area contributed by atoms with Crippen molar-refractivity contribution in [3.8, 4) is 5.75 Å². The minimum atomic E-state index is -1.59. The van der Waals surface area contributed by atoms with Crippen LogP contribution in [0.1, 0.15) is 0 Å². The topological polar surface area (TPSA) is 120 Å². The van der Waals surface area contributed by atoms with E-state index in [9.17, 15) is 14.7 Å². The van der Waals surface area contributed by atoms with E-state index < -0.39 is 17.5 Å². The van der Waals surface area contributed by atoms with Crippen molar-refractivity contribution >= 4 is 17.8 Å². The van der Waals surface area contributed by atoms with E-state index >= 15 is 0 Å². The van der Waals surface area contributed by atoms with E-state index in [0.717, 1.165) is 6.20 Å². The van der Waals surface area contributed by atoms with Gasteiger partial charge >= 0.3 is 11.9 Å². The molecule has 1 aromatic heterocycles. The van der Waals surface area contributed by atoms with E-state index in [-0.39, 0.29) is 11.6 Å². The summed E-state index contributed by atoms with van der Waals surface area (Å²) in [5.74, 6) is -3.41. The first-order chi connectivity index (χ1) is 7.52. The number of nitrogens with zero attached hydrogens (tertiary/aromatic N) is 1. The lowest BCUT2D eigenvalue weighted by Gasteiger charge is -2.02. The van der Waals surface area contributed by atoms with Gasteiger partial charge in [-0.05, 0) is 12.1 Å². The first-order valence-electron chi connectivity index (χ1n) is 4.09. The van der Waals surface area contributed by atoms with Crippen LogP contribution in [0.25, 0.3) is 0 Å². The molecule has 4 N–H and O–H groups in total. The number of pyridine rings is 1. The zero-order valence-electron chi connectivity index (χ0n) is 7.91. The van der Waals surface area contributed by atoms with Crippen molar-refractivity contribution in [1.29, 1.82) is 0 Å². The number of aromatic hydroxyl groups is 1. The normalized spacial score (nSPS) is 9.25. The van der Waals surface area contributed by atoms with Crippen LogP contribution in [-0.4, -0.2) is 32.2 Å². The highest BCUT2D eigenvalue weighted by molar-refractivity contribution is 6.12. The second-order valence-corrected chi connectivity index (χ2v) is 2.68. The van der Waals surface area contributed by atoms with Crippen LogP contribution in [0.2, 0.25) is 0 Å². The predicted octanol–water partition coefficient (Wildman–Crippen LogP) is 0.252. The van der Waals surface area contributed by atoms with Gasteiger partial charge in [0.2, 0.25) is 0 Å². The van der Waals surface area contributed by atoms with Gasteiger partial charge in [-0.3, -0.25) is 0 Å². The Kier molecular flexibility index (Phi) is 3.44. The number of carboxylic acids is 2. The van der Waals surface area contributed by atoms with Crippen molar-refractivity contribution in [2.24, 2.45) is 0 Å². The summed E-state index contributed by atoms with van der Waals surface area (Å²) >= 11 is 0. The van der Waals surface area contributed by atoms with Gasteiger partial charge in [-0.1, -0.05) is 0 Å². The lowest BCUT2D eigenvalue weighted by Crippen LogP contribution is -2.13. The summed E-state index contributed by atoms with van der Waals surface area (Å²) in [7, 11) is 0. The number of rotatable bonds is 4. The summed E-state index contributed by atoms with van der Waals surface area (Å²) in [5.41, 5.74) is -0.856. The first kappa shape index (κ1) is 11.5. The Morgan fingerprint density at radius 3 is 2.44 bits per heavy atom. The van der Waals surface area contributed by atoms with Gasteiger partial charge < -0.3 is 20.6 Å². The second kappa shape index (κ2) is 4.78. The molecule has 0 aliphatic rings. The number of hydrogen-bond acceptors (Lipinski definition) is 5. The molecule has 1 aromatic rings. The minimum absolute atomic E-state index is 0.0255. The molecule has 7 nitrogen and oxygen atoms in total. The van der Waals surface area contributed by atoms with Gasteiger partial charge in [0.15, 0.2) is 17.1 Å². The van der Waals surface area contributed by atoms with Gasteiger partial charge in [-0.25, -0.2) is 14.6 Å². The Labute approximate surface area is 89.7 Å². The highest BCUT2D eigenvalue weighted by Crippen LogP contribution is 2.18. The lowest BCUT2D eigenvalue weighted by atomic mass is 10.3. The van der Waals surface area contributed by atoms with Crippen molar-refractivity contribution in [3.63, 3.8) is 0 Å². The summed E-state index contributed by atoms with van der Waals surface area (Å²) < 4.78 is 0. The van der Waals surface area contributed by atoms with Crippen LogP contribution < -0.4 is 5.32 Å². The quantitative estimate of drug-likeness (QED) is 0.328. The molecule has 84 valence electrons. The highest BCUT2D eigenvalue weighted by Gasteiger charge is 2.15. The number of carbonyl (C=O) groups is 2. The first-order valence-corrected chi connectivity index (χ1v) is 4.09. The molecule has 1 rings (SSSR count). The molecular weight excluding hydrogens is 216 g/mol. The molecule has 0 aliphatic heterocycles. The monoisotopic (exact) mass is 224 g/mol. The van der Waals surface area contributed by atoms with Crippen LogP contribution in [-0.2, 0) is 9.59 Å². The van der Waals surface area contributed by atoms with E-state index in [0.29, 0.717) is 0 Å². The third-order valence-corrected chi connectivity index (χ3v) is 1.60. The average molecular weight is 224 g/mol. The van der Waals surface area contributed by atoms with Gasteiger partial charge in [0.25, 0.3) is 0 Å². The molecule has 0 spiro atoms. The second-order valence-electron chi connectivity index (χ2n) is 2.68. The van der Waals surface area contributed by atoms with Gasteiger partial charge in [0.05, 0.1) is 0 Å². The van der Waals surface area contributed by atoms with Crippen LogP contribution in [0.15, 0.2) is 30.1 Å². The van der Waals surface area contributed by atoms with E-state index in [1.165, 1.54) is 18.3 Å².